The molecule has 2 N–H and O–H groups in total. The van der Waals surface area contributed by atoms with Gasteiger partial charge in [0.15, 0.2) is 0 Å². The fourth-order valence-electron chi connectivity index (χ4n) is 0. The average Bonchev–Trinajstić information content (AvgIpc) is 1.36. The maximum Gasteiger partial charge on any atom is 0.414 e. The van der Waals surface area contributed by atoms with Crippen LogP contribution in [-0.4, -0.2) is 22.2 Å². The van der Waals surface area contributed by atoms with Gasteiger partial charge < -0.3 is 10.2 Å². The molecule has 4 nitrogen and oxygen atoms in total. The Labute approximate surface area is 69.7 Å². The fraction of sp³-hybridized carbons (Fsp3) is 0. The van der Waals surface area contributed by atoms with Gasteiger partial charge in [0, 0.05) is 37.8 Å². The molecule has 49 valence electrons. The summed E-state index contributed by atoms with van der Waals surface area (Å²) in [6, 6.07) is 0. The van der Waals surface area contributed by atoms with Crippen molar-refractivity contribution in [3.05, 3.63) is 0 Å². The molecule has 6 heteroatoms. The van der Waals surface area contributed by atoms with E-state index in [9.17, 15) is 0 Å². The zero-order valence-electron chi connectivity index (χ0n) is 3.45. The molecule has 0 rings (SSSR count). The molecule has 0 fully saturated rings. The third kappa shape index (κ3) is 9.46. The van der Waals surface area contributed by atoms with Crippen molar-refractivity contribution in [3.8, 4) is 0 Å². The summed E-state index contributed by atoms with van der Waals surface area (Å²) >= 11 is 0. The predicted molar refractivity (Wildman–Crippen MR) is 15.3 cm³/mol. The third-order valence-corrected chi connectivity index (χ3v) is 0.183. The molecule has 0 aromatic rings. The molecule has 0 amide bonds. The van der Waals surface area contributed by atoms with Gasteiger partial charge in [-0.1, -0.05) is 0 Å². The molecule has 0 saturated heterocycles. The Kier molecular flexibility index (Phi) is 14.0. The van der Waals surface area contributed by atoms with Crippen molar-refractivity contribution in [3.63, 3.8) is 0 Å². The Morgan fingerprint density at radius 1 is 1.00 bits per heavy atom. The minimum Gasteiger partial charge on any atom is -0.473 e. The Bertz CT molecular complexity index is 80.0. The first-order valence-corrected chi connectivity index (χ1v) is 1.11. The molecule has 0 aliphatic heterocycles. The molecule has 0 spiro atoms. The SMILES string of the molecule is O=C(O)C(=O)O.[Co].[Mo]. The van der Waals surface area contributed by atoms with Crippen molar-refractivity contribution in [2.24, 2.45) is 0 Å². The van der Waals surface area contributed by atoms with Gasteiger partial charge >= 0.3 is 11.9 Å². The van der Waals surface area contributed by atoms with Crippen molar-refractivity contribution in [2.75, 3.05) is 0 Å². The quantitative estimate of drug-likeness (QED) is 0.430. The summed E-state index contributed by atoms with van der Waals surface area (Å²) in [5, 5.41) is 14.8. The van der Waals surface area contributed by atoms with Gasteiger partial charge in [0.2, 0.25) is 0 Å². The second kappa shape index (κ2) is 7.13. The maximum absolute atomic E-state index is 9.10. The molecule has 0 aromatic heterocycles. The Morgan fingerprint density at radius 2 is 1.12 bits per heavy atom. The van der Waals surface area contributed by atoms with Gasteiger partial charge in [-0.05, 0) is 0 Å². The molecule has 0 atom stereocenters. The number of hydrogen-bond acceptors (Lipinski definition) is 2. The molecule has 8 heavy (non-hydrogen) atoms. The summed E-state index contributed by atoms with van der Waals surface area (Å²) in [6.07, 6.45) is 0. The van der Waals surface area contributed by atoms with Gasteiger partial charge in [-0.3, -0.25) is 0 Å². The van der Waals surface area contributed by atoms with E-state index in [1.54, 1.807) is 0 Å². The van der Waals surface area contributed by atoms with Crippen LogP contribution in [0.4, 0.5) is 0 Å². The van der Waals surface area contributed by atoms with Crippen LogP contribution in [0, 0.1) is 0 Å². The van der Waals surface area contributed by atoms with Crippen LogP contribution >= 0.6 is 0 Å². The largest absolute Gasteiger partial charge is 0.473 e. The molecule has 0 saturated carbocycles. The average molecular weight is 245 g/mol. The van der Waals surface area contributed by atoms with Crippen molar-refractivity contribution in [2.45, 2.75) is 0 Å². The van der Waals surface area contributed by atoms with Gasteiger partial charge in [-0.15, -0.1) is 0 Å². The normalized spacial score (nSPS) is 5.50. The van der Waals surface area contributed by atoms with E-state index in [0.717, 1.165) is 0 Å². The van der Waals surface area contributed by atoms with E-state index in [2.05, 4.69) is 0 Å². The first-order chi connectivity index (χ1) is 2.64. The Balaban J connectivity index is -0.000000125. The van der Waals surface area contributed by atoms with Crippen LogP contribution in [-0.2, 0) is 47.4 Å². The number of hydrogen-bond donors (Lipinski definition) is 2. The summed E-state index contributed by atoms with van der Waals surface area (Å²) in [6.45, 7) is 0. The van der Waals surface area contributed by atoms with Crippen LogP contribution in [0.15, 0.2) is 0 Å². The molecule has 0 aromatic carbocycles. The minimum absolute atomic E-state index is 0. The second-order valence-electron chi connectivity index (χ2n) is 0.610. The fourth-order valence-corrected chi connectivity index (χ4v) is 0. The summed E-state index contributed by atoms with van der Waals surface area (Å²) in [7, 11) is 0. The van der Waals surface area contributed by atoms with Crippen LogP contribution in [0.1, 0.15) is 0 Å². The number of rotatable bonds is 0. The third-order valence-electron chi connectivity index (χ3n) is 0.183. The smallest absolute Gasteiger partial charge is 0.414 e. The number of carbonyl (C=O) groups is 2. The summed E-state index contributed by atoms with van der Waals surface area (Å²) in [4.78, 5) is 18.2. The van der Waals surface area contributed by atoms with Crippen molar-refractivity contribution in [1.29, 1.82) is 0 Å². The van der Waals surface area contributed by atoms with E-state index in [0.29, 0.717) is 0 Å². The molecular formula is C2H2CoMoO4. The van der Waals surface area contributed by atoms with Crippen LogP contribution in [0.5, 0.6) is 0 Å². The molecule has 1 radical (unpaired) electrons. The first kappa shape index (κ1) is 15.7. The van der Waals surface area contributed by atoms with E-state index >= 15 is 0 Å². The van der Waals surface area contributed by atoms with Crippen molar-refractivity contribution >= 4 is 11.9 Å². The van der Waals surface area contributed by atoms with Crippen molar-refractivity contribution < 1.29 is 57.6 Å². The molecular weight excluding hydrogens is 243 g/mol. The van der Waals surface area contributed by atoms with E-state index in [-0.39, 0.29) is 37.8 Å². The molecule has 0 aliphatic rings. The zero-order chi connectivity index (χ0) is 5.15. The van der Waals surface area contributed by atoms with Gasteiger partial charge in [-0.2, -0.15) is 0 Å². The van der Waals surface area contributed by atoms with E-state index in [1.165, 1.54) is 0 Å². The number of carboxylic acids is 2. The van der Waals surface area contributed by atoms with Gasteiger partial charge in [-0.25, -0.2) is 9.59 Å². The standard InChI is InChI=1S/C2H2O4.Co.Mo/c3-1(4)2(5)6;;/h(H,3,4)(H,5,6);;. The van der Waals surface area contributed by atoms with E-state index in [1.807, 2.05) is 0 Å². The van der Waals surface area contributed by atoms with Crippen LogP contribution in [0.25, 0.3) is 0 Å². The van der Waals surface area contributed by atoms with Crippen LogP contribution in [0.3, 0.4) is 0 Å². The Hall–Kier alpha value is 0.135. The maximum atomic E-state index is 9.10. The molecule has 0 bridgehead atoms. The van der Waals surface area contributed by atoms with E-state index < -0.39 is 11.9 Å². The number of aliphatic carboxylic acids is 2. The van der Waals surface area contributed by atoms with Gasteiger partial charge in [0.05, 0.1) is 0 Å². The summed E-state index contributed by atoms with van der Waals surface area (Å²) in [5.74, 6) is -3.65. The van der Waals surface area contributed by atoms with Crippen LogP contribution < -0.4 is 0 Å². The van der Waals surface area contributed by atoms with Crippen LogP contribution in [0.2, 0.25) is 0 Å². The van der Waals surface area contributed by atoms with Crippen molar-refractivity contribution in [1.82, 2.24) is 0 Å². The molecule has 0 unspecified atom stereocenters. The monoisotopic (exact) mass is 247 g/mol. The minimum atomic E-state index is -1.82. The second-order valence-corrected chi connectivity index (χ2v) is 0.610. The molecule has 0 heterocycles. The Morgan fingerprint density at radius 3 is 1.12 bits per heavy atom. The first-order valence-electron chi connectivity index (χ1n) is 1.11. The summed E-state index contributed by atoms with van der Waals surface area (Å²) < 4.78 is 0. The van der Waals surface area contributed by atoms with Gasteiger partial charge in [0.1, 0.15) is 0 Å². The van der Waals surface area contributed by atoms with Gasteiger partial charge in [0.25, 0.3) is 0 Å². The summed E-state index contributed by atoms with van der Waals surface area (Å²) in [5.41, 5.74) is 0. The number of carboxylic acid groups (broad SMARTS) is 2. The topological polar surface area (TPSA) is 74.6 Å². The predicted octanol–water partition coefficient (Wildman–Crippen LogP) is -0.849. The zero-order valence-corrected chi connectivity index (χ0v) is 6.50. The molecule has 0 aliphatic carbocycles. The van der Waals surface area contributed by atoms with E-state index in [4.69, 9.17) is 19.8 Å².